The maximum atomic E-state index is 13.3. The summed E-state index contributed by atoms with van der Waals surface area (Å²) in [5.74, 6) is 1.05. The third-order valence-electron chi connectivity index (χ3n) is 8.72. The quantitative estimate of drug-likeness (QED) is 0.113. The van der Waals surface area contributed by atoms with Gasteiger partial charge in [0.15, 0.2) is 5.82 Å². The first-order valence-corrected chi connectivity index (χ1v) is 18.0. The molecule has 254 valence electrons. The van der Waals surface area contributed by atoms with Gasteiger partial charge >= 0.3 is 0 Å². The standard InChI is InChI=1S/C39H49N5O3S/c1-5-6-7-8-9-20-47-32-16-14-27(15-17-32)29-24-41-36(42-25-29)28-12-10-26(11-13-28)21-33(37(45)43-31-22-30(40)23-31)44-38(46)34-18-19-35(48-34)39(2,3)4/h10-19,24-25,30-31,33H,5-9,20-23,40H2,1-4H3,(H,43,45)(H,44,46)/t30?,31?,33-/m0/s1. The lowest BCUT2D eigenvalue weighted by molar-refractivity contribution is -0.124. The van der Waals surface area contributed by atoms with E-state index in [-0.39, 0.29) is 29.3 Å². The van der Waals surface area contributed by atoms with Crippen LogP contribution in [-0.2, 0) is 16.6 Å². The second-order valence-corrected chi connectivity index (χ2v) is 14.9. The molecule has 1 aliphatic carbocycles. The second kappa shape index (κ2) is 16.3. The van der Waals surface area contributed by atoms with Crippen LogP contribution in [0.5, 0.6) is 5.75 Å². The van der Waals surface area contributed by atoms with Crippen LogP contribution >= 0.6 is 11.3 Å². The summed E-state index contributed by atoms with van der Waals surface area (Å²) in [6.45, 7) is 9.32. The summed E-state index contributed by atoms with van der Waals surface area (Å²) in [5.41, 5.74) is 9.63. The first-order chi connectivity index (χ1) is 23.1. The van der Waals surface area contributed by atoms with Gasteiger partial charge in [-0.2, -0.15) is 0 Å². The lowest BCUT2D eigenvalue weighted by atomic mass is 9.87. The molecule has 0 unspecified atom stereocenters. The van der Waals surface area contributed by atoms with Gasteiger partial charge in [0.05, 0.1) is 11.5 Å². The lowest BCUT2D eigenvalue weighted by Crippen LogP contribution is -2.56. The van der Waals surface area contributed by atoms with Crippen molar-refractivity contribution in [3.8, 4) is 28.3 Å². The number of nitrogens with two attached hydrogens (primary N) is 1. The Morgan fingerprint density at radius 1 is 0.896 bits per heavy atom. The van der Waals surface area contributed by atoms with E-state index in [0.29, 0.717) is 17.1 Å². The largest absolute Gasteiger partial charge is 0.494 e. The molecule has 1 atom stereocenters. The molecule has 2 aromatic heterocycles. The smallest absolute Gasteiger partial charge is 0.262 e. The van der Waals surface area contributed by atoms with Crippen LogP contribution in [0.4, 0.5) is 0 Å². The molecule has 5 rings (SSSR count). The van der Waals surface area contributed by atoms with E-state index in [1.807, 2.05) is 73.1 Å². The predicted octanol–water partition coefficient (Wildman–Crippen LogP) is 7.47. The van der Waals surface area contributed by atoms with Crippen molar-refractivity contribution in [2.45, 2.75) is 103 Å². The number of nitrogens with zero attached hydrogens (tertiary/aromatic N) is 2. The molecule has 0 radical (unpaired) electrons. The van der Waals surface area contributed by atoms with Gasteiger partial charge in [0.1, 0.15) is 11.8 Å². The number of aromatic nitrogens is 2. The summed E-state index contributed by atoms with van der Waals surface area (Å²) in [6.07, 6.45) is 11.6. The Hall–Kier alpha value is -4.08. The number of hydrogen-bond donors (Lipinski definition) is 3. The predicted molar refractivity (Wildman–Crippen MR) is 194 cm³/mol. The Kier molecular flexibility index (Phi) is 12.0. The summed E-state index contributed by atoms with van der Waals surface area (Å²) in [4.78, 5) is 37.6. The fourth-order valence-electron chi connectivity index (χ4n) is 5.67. The van der Waals surface area contributed by atoms with Gasteiger partial charge in [-0.25, -0.2) is 9.97 Å². The highest BCUT2D eigenvalue weighted by Gasteiger charge is 2.31. The molecule has 4 N–H and O–H groups in total. The zero-order valence-corrected chi connectivity index (χ0v) is 29.4. The van der Waals surface area contributed by atoms with Gasteiger partial charge in [0.2, 0.25) is 5.91 Å². The van der Waals surface area contributed by atoms with Gasteiger partial charge in [-0.05, 0) is 60.1 Å². The van der Waals surface area contributed by atoms with E-state index >= 15 is 0 Å². The topological polar surface area (TPSA) is 119 Å². The van der Waals surface area contributed by atoms with E-state index < -0.39 is 6.04 Å². The van der Waals surface area contributed by atoms with Gasteiger partial charge in [0.25, 0.3) is 5.91 Å². The number of carbonyl (C=O) groups excluding carboxylic acids is 2. The highest BCUT2D eigenvalue weighted by Crippen LogP contribution is 2.30. The molecule has 1 aliphatic rings. The van der Waals surface area contributed by atoms with Crippen LogP contribution in [0, 0.1) is 0 Å². The Morgan fingerprint density at radius 2 is 1.56 bits per heavy atom. The van der Waals surface area contributed by atoms with Crippen LogP contribution in [0.25, 0.3) is 22.5 Å². The van der Waals surface area contributed by atoms with Crippen molar-refractivity contribution < 1.29 is 14.3 Å². The van der Waals surface area contributed by atoms with Crippen molar-refractivity contribution in [3.05, 3.63) is 88.4 Å². The summed E-state index contributed by atoms with van der Waals surface area (Å²) in [5, 5.41) is 6.07. The van der Waals surface area contributed by atoms with Crippen LogP contribution in [0.2, 0.25) is 0 Å². The van der Waals surface area contributed by atoms with Crippen LogP contribution in [0.1, 0.15) is 92.8 Å². The molecule has 1 saturated carbocycles. The average molecular weight is 668 g/mol. The fraction of sp³-hybridized carbons (Fsp3) is 0.436. The molecule has 2 heterocycles. The molecule has 0 bridgehead atoms. The normalized spacial score (nSPS) is 16.5. The SMILES string of the molecule is CCCCCCCOc1ccc(-c2cnc(-c3ccc(C[C@H](NC(=O)c4ccc(C(C)(C)C)s4)C(=O)NC4CC(N)C4)cc3)nc2)cc1. The summed E-state index contributed by atoms with van der Waals surface area (Å²) < 4.78 is 5.90. The van der Waals surface area contributed by atoms with Crippen LogP contribution in [0.15, 0.2) is 73.1 Å². The zero-order chi connectivity index (χ0) is 34.1. The number of thiophene rings is 1. The minimum Gasteiger partial charge on any atom is -0.494 e. The average Bonchev–Trinajstić information content (AvgIpc) is 3.58. The lowest BCUT2D eigenvalue weighted by Gasteiger charge is -2.34. The maximum absolute atomic E-state index is 13.3. The Labute approximate surface area is 288 Å². The number of nitrogens with one attached hydrogen (secondary N) is 2. The van der Waals surface area contributed by atoms with Crippen LogP contribution in [0.3, 0.4) is 0 Å². The molecule has 9 heteroatoms. The van der Waals surface area contributed by atoms with Gasteiger partial charge in [-0.15, -0.1) is 11.3 Å². The summed E-state index contributed by atoms with van der Waals surface area (Å²) in [6, 6.07) is 19.1. The molecule has 0 aliphatic heterocycles. The molecular weight excluding hydrogens is 619 g/mol. The number of benzene rings is 2. The number of hydrogen-bond acceptors (Lipinski definition) is 7. The van der Waals surface area contributed by atoms with E-state index in [9.17, 15) is 9.59 Å². The molecule has 48 heavy (non-hydrogen) atoms. The van der Waals surface area contributed by atoms with Gasteiger partial charge in [0, 0.05) is 46.9 Å². The highest BCUT2D eigenvalue weighted by atomic mass is 32.1. The second-order valence-electron chi connectivity index (χ2n) is 13.9. The molecule has 4 aromatic rings. The van der Waals surface area contributed by atoms with Gasteiger partial charge in [-0.1, -0.05) is 89.8 Å². The number of carbonyl (C=O) groups is 2. The molecular formula is C39H49N5O3S. The van der Waals surface area contributed by atoms with Crippen LogP contribution in [-0.4, -0.2) is 46.5 Å². The number of unbranched alkanes of at least 4 members (excludes halogenated alkanes) is 4. The van der Waals surface area contributed by atoms with Crippen molar-refractivity contribution in [2.24, 2.45) is 5.73 Å². The van der Waals surface area contributed by atoms with E-state index in [4.69, 9.17) is 10.5 Å². The Morgan fingerprint density at radius 3 is 2.19 bits per heavy atom. The fourth-order valence-corrected chi connectivity index (χ4v) is 6.64. The maximum Gasteiger partial charge on any atom is 0.262 e. The van der Waals surface area contributed by atoms with E-state index in [1.54, 1.807) is 0 Å². The summed E-state index contributed by atoms with van der Waals surface area (Å²) >= 11 is 1.46. The van der Waals surface area contributed by atoms with E-state index in [1.165, 1.54) is 37.0 Å². The molecule has 8 nitrogen and oxygen atoms in total. The molecule has 2 amide bonds. The van der Waals surface area contributed by atoms with Gasteiger partial charge in [-0.3, -0.25) is 9.59 Å². The van der Waals surface area contributed by atoms with Crippen molar-refractivity contribution in [1.29, 1.82) is 0 Å². The van der Waals surface area contributed by atoms with Crippen LogP contribution < -0.4 is 21.1 Å². The third-order valence-corrected chi connectivity index (χ3v) is 10.2. The molecule has 2 aromatic carbocycles. The number of ether oxygens (including phenoxy) is 1. The highest BCUT2D eigenvalue weighted by molar-refractivity contribution is 7.14. The first-order valence-electron chi connectivity index (χ1n) is 17.2. The van der Waals surface area contributed by atoms with Crippen molar-refractivity contribution in [2.75, 3.05) is 6.61 Å². The number of amides is 2. The monoisotopic (exact) mass is 667 g/mol. The van der Waals surface area contributed by atoms with Gasteiger partial charge < -0.3 is 21.1 Å². The first kappa shape index (κ1) is 35.2. The molecule has 0 saturated heterocycles. The third kappa shape index (κ3) is 9.73. The van der Waals surface area contributed by atoms with Crippen molar-refractivity contribution in [1.82, 2.24) is 20.6 Å². The van der Waals surface area contributed by atoms with E-state index in [0.717, 1.165) is 58.7 Å². The zero-order valence-electron chi connectivity index (χ0n) is 28.6. The molecule has 1 fully saturated rings. The number of rotatable bonds is 15. The Bertz CT molecular complexity index is 1620. The Balaban J connectivity index is 1.20. The van der Waals surface area contributed by atoms with E-state index in [2.05, 4.69) is 48.3 Å². The molecule has 0 spiro atoms. The minimum absolute atomic E-state index is 0.0417. The van der Waals surface area contributed by atoms with Crippen molar-refractivity contribution >= 4 is 23.2 Å². The summed E-state index contributed by atoms with van der Waals surface area (Å²) in [7, 11) is 0. The minimum atomic E-state index is -0.724. The van der Waals surface area contributed by atoms with Crippen molar-refractivity contribution in [3.63, 3.8) is 0 Å².